The van der Waals surface area contributed by atoms with Gasteiger partial charge >= 0.3 is 0 Å². The summed E-state index contributed by atoms with van der Waals surface area (Å²) in [6, 6.07) is 11.3. The molecular formula is C19H16BrN5O2S. The molecule has 0 atom stereocenters. The van der Waals surface area contributed by atoms with Crippen LogP contribution in [0, 0.1) is 13.8 Å². The van der Waals surface area contributed by atoms with E-state index < -0.39 is 0 Å². The van der Waals surface area contributed by atoms with Crippen LogP contribution in [-0.4, -0.2) is 25.5 Å². The maximum Gasteiger partial charge on any atom is 0.277 e. The smallest absolute Gasteiger partial charge is 0.272 e. The predicted octanol–water partition coefficient (Wildman–Crippen LogP) is 3.71. The topological polar surface area (TPSA) is 83.4 Å². The number of hydrogen-bond acceptors (Lipinski definition) is 5. The van der Waals surface area contributed by atoms with Crippen LogP contribution in [-0.2, 0) is 6.54 Å². The number of nitrogens with zero attached hydrogens (tertiary/aromatic N) is 4. The van der Waals surface area contributed by atoms with E-state index in [0.717, 1.165) is 10.0 Å². The molecule has 0 unspecified atom stereocenters. The maximum absolute atomic E-state index is 13.1. The molecule has 4 rings (SSSR count). The maximum atomic E-state index is 13.1. The number of amides is 1. The van der Waals surface area contributed by atoms with E-state index in [2.05, 4.69) is 31.0 Å². The number of benzene rings is 1. The van der Waals surface area contributed by atoms with Crippen molar-refractivity contribution in [3.05, 3.63) is 78.3 Å². The van der Waals surface area contributed by atoms with Crippen molar-refractivity contribution in [1.29, 1.82) is 0 Å². The lowest BCUT2D eigenvalue weighted by molar-refractivity contribution is 0.0987. The zero-order valence-electron chi connectivity index (χ0n) is 15.1. The number of aromatic nitrogens is 4. The zero-order chi connectivity index (χ0) is 19.8. The first-order valence-corrected chi connectivity index (χ1v) is 10.2. The number of H-pyrrole nitrogens is 1. The molecule has 28 heavy (non-hydrogen) atoms. The molecule has 1 N–H and O–H groups in total. The van der Waals surface area contributed by atoms with Gasteiger partial charge in [0.1, 0.15) is 0 Å². The number of aromatic amines is 1. The molecule has 4 aromatic rings. The second kappa shape index (κ2) is 7.33. The minimum Gasteiger partial charge on any atom is -0.272 e. The van der Waals surface area contributed by atoms with Crippen LogP contribution in [0.4, 0.5) is 5.95 Å². The molecule has 3 heterocycles. The third-order valence-electron chi connectivity index (χ3n) is 4.44. The van der Waals surface area contributed by atoms with Crippen LogP contribution in [0.2, 0.25) is 0 Å². The summed E-state index contributed by atoms with van der Waals surface area (Å²) >= 11 is 4.78. The molecule has 0 saturated carbocycles. The average molecular weight is 458 g/mol. The van der Waals surface area contributed by atoms with Crippen LogP contribution in [0.5, 0.6) is 0 Å². The molecule has 0 radical (unpaired) electrons. The summed E-state index contributed by atoms with van der Waals surface area (Å²) in [6.45, 7) is 3.78. The highest BCUT2D eigenvalue weighted by Gasteiger charge is 2.23. The van der Waals surface area contributed by atoms with Gasteiger partial charge in [-0.25, -0.2) is 4.98 Å². The number of nitrogens with one attached hydrogen (secondary N) is 1. The summed E-state index contributed by atoms with van der Waals surface area (Å²) in [5.41, 5.74) is 1.86. The lowest BCUT2D eigenvalue weighted by Crippen LogP contribution is -2.31. The molecule has 0 aliphatic heterocycles. The van der Waals surface area contributed by atoms with Gasteiger partial charge in [-0.3, -0.25) is 19.6 Å². The Bertz CT molecular complexity index is 1210. The first-order chi connectivity index (χ1) is 13.4. The molecule has 7 nitrogen and oxygen atoms in total. The van der Waals surface area contributed by atoms with Gasteiger partial charge in [-0.1, -0.05) is 34.1 Å². The molecule has 142 valence electrons. The first kappa shape index (κ1) is 18.6. The van der Waals surface area contributed by atoms with E-state index in [-0.39, 0.29) is 23.2 Å². The number of halogens is 1. The van der Waals surface area contributed by atoms with Crippen molar-refractivity contribution in [3.63, 3.8) is 0 Å². The first-order valence-electron chi connectivity index (χ1n) is 8.50. The van der Waals surface area contributed by atoms with Gasteiger partial charge in [-0.15, -0.1) is 11.3 Å². The molecule has 0 spiro atoms. The Morgan fingerprint density at radius 1 is 1.21 bits per heavy atom. The van der Waals surface area contributed by atoms with E-state index in [0.29, 0.717) is 22.7 Å². The second-order valence-electron chi connectivity index (χ2n) is 6.31. The van der Waals surface area contributed by atoms with Crippen LogP contribution in [0.25, 0.3) is 5.78 Å². The Morgan fingerprint density at radius 2 is 1.96 bits per heavy atom. The van der Waals surface area contributed by atoms with Crippen LogP contribution >= 0.6 is 27.3 Å². The second-order valence-corrected chi connectivity index (χ2v) is 8.17. The van der Waals surface area contributed by atoms with Gasteiger partial charge in [0.25, 0.3) is 17.2 Å². The van der Waals surface area contributed by atoms with E-state index in [1.165, 1.54) is 20.8 Å². The SMILES string of the molecule is Cc1nc2nc(N(Cc3ccc(Br)cc3)C(=O)c3cccs3)[nH]n2c(=O)c1C. The van der Waals surface area contributed by atoms with Gasteiger partial charge in [0, 0.05) is 15.7 Å². The fraction of sp³-hybridized carbons (Fsp3) is 0.158. The standard InChI is InChI=1S/C19H16BrN5O2S/c1-11-12(2)21-18-22-19(23-25(18)16(11)26)24(17(27)15-4-3-9-28-15)10-13-5-7-14(20)8-6-13/h3-9H,10H2,1-2H3,(H,21,22,23). The van der Waals surface area contributed by atoms with Crippen LogP contribution in [0.3, 0.4) is 0 Å². The fourth-order valence-corrected chi connectivity index (χ4v) is 3.70. The van der Waals surface area contributed by atoms with E-state index in [1.807, 2.05) is 35.7 Å². The summed E-state index contributed by atoms with van der Waals surface area (Å²) < 4.78 is 2.23. The third kappa shape index (κ3) is 3.38. The number of carbonyl (C=O) groups is 1. The van der Waals surface area contributed by atoms with Gasteiger partial charge in [-0.05, 0) is 43.0 Å². The Hall–Kier alpha value is -2.78. The molecule has 0 fully saturated rings. The summed E-state index contributed by atoms with van der Waals surface area (Å²) in [6.07, 6.45) is 0. The third-order valence-corrected chi connectivity index (χ3v) is 5.83. The van der Waals surface area contributed by atoms with Crippen molar-refractivity contribution >= 4 is 44.9 Å². The fourth-order valence-electron chi connectivity index (χ4n) is 2.76. The highest BCUT2D eigenvalue weighted by atomic mass is 79.9. The van der Waals surface area contributed by atoms with Gasteiger partial charge < -0.3 is 0 Å². The summed E-state index contributed by atoms with van der Waals surface area (Å²) in [4.78, 5) is 36.5. The van der Waals surface area contributed by atoms with Crippen LogP contribution < -0.4 is 10.5 Å². The van der Waals surface area contributed by atoms with E-state index in [1.54, 1.807) is 19.9 Å². The van der Waals surface area contributed by atoms with Crippen LogP contribution in [0.15, 0.2) is 51.0 Å². The van der Waals surface area contributed by atoms with Crippen molar-refractivity contribution < 1.29 is 4.79 Å². The average Bonchev–Trinajstić information content (AvgIpc) is 3.35. The molecule has 1 aromatic carbocycles. The predicted molar refractivity (Wildman–Crippen MR) is 112 cm³/mol. The molecule has 0 bridgehead atoms. The minimum absolute atomic E-state index is 0.196. The van der Waals surface area contributed by atoms with E-state index in [4.69, 9.17) is 0 Å². The van der Waals surface area contributed by atoms with E-state index >= 15 is 0 Å². The van der Waals surface area contributed by atoms with Crippen molar-refractivity contribution in [2.75, 3.05) is 4.90 Å². The summed E-state index contributed by atoms with van der Waals surface area (Å²) in [7, 11) is 0. The number of rotatable bonds is 4. The van der Waals surface area contributed by atoms with E-state index in [9.17, 15) is 9.59 Å². The molecule has 0 aliphatic carbocycles. The molecular weight excluding hydrogens is 442 g/mol. The Labute approximate surface area is 172 Å². The summed E-state index contributed by atoms with van der Waals surface area (Å²) in [5.74, 6) is 0.317. The van der Waals surface area contributed by atoms with Crippen LogP contribution in [0.1, 0.15) is 26.5 Å². The van der Waals surface area contributed by atoms with Crippen molar-refractivity contribution in [2.24, 2.45) is 0 Å². The molecule has 0 saturated heterocycles. The van der Waals surface area contributed by atoms with Gasteiger partial charge in [0.2, 0.25) is 5.95 Å². The number of carbonyl (C=O) groups excluding carboxylic acids is 1. The number of fused-ring (bicyclic) bond motifs is 1. The Kier molecular flexibility index (Phi) is 4.86. The Balaban J connectivity index is 1.81. The molecule has 3 aromatic heterocycles. The zero-order valence-corrected chi connectivity index (χ0v) is 17.5. The largest absolute Gasteiger partial charge is 0.277 e. The number of thiophene rings is 1. The van der Waals surface area contributed by atoms with Gasteiger partial charge in [0.15, 0.2) is 0 Å². The minimum atomic E-state index is -0.228. The quantitative estimate of drug-likeness (QED) is 0.506. The number of anilines is 1. The van der Waals surface area contributed by atoms with Gasteiger partial charge in [-0.2, -0.15) is 9.50 Å². The normalized spacial score (nSPS) is 11.1. The lowest BCUT2D eigenvalue weighted by Gasteiger charge is -2.19. The number of hydrogen-bond donors (Lipinski definition) is 1. The molecule has 9 heteroatoms. The number of aryl methyl sites for hydroxylation is 1. The molecule has 1 amide bonds. The van der Waals surface area contributed by atoms with Crippen molar-refractivity contribution in [3.8, 4) is 0 Å². The van der Waals surface area contributed by atoms with Crippen molar-refractivity contribution in [2.45, 2.75) is 20.4 Å². The molecule has 0 aliphatic rings. The Morgan fingerprint density at radius 3 is 2.64 bits per heavy atom. The monoisotopic (exact) mass is 457 g/mol. The lowest BCUT2D eigenvalue weighted by atomic mass is 10.2. The van der Waals surface area contributed by atoms with Crippen molar-refractivity contribution in [1.82, 2.24) is 19.6 Å². The highest BCUT2D eigenvalue weighted by molar-refractivity contribution is 9.10. The van der Waals surface area contributed by atoms with Gasteiger partial charge in [0.05, 0.1) is 11.4 Å². The summed E-state index contributed by atoms with van der Waals surface area (Å²) in [5, 5.41) is 4.79. The highest BCUT2D eigenvalue weighted by Crippen LogP contribution is 2.21.